The maximum absolute atomic E-state index is 13.9. The fourth-order valence-electron chi connectivity index (χ4n) is 1.97. The third-order valence-corrected chi connectivity index (χ3v) is 3.49. The molecule has 0 heterocycles. The molecule has 0 fully saturated rings. The maximum atomic E-state index is 13.9. The lowest BCUT2D eigenvalue weighted by molar-refractivity contribution is 0.483. The molecule has 0 saturated heterocycles. The summed E-state index contributed by atoms with van der Waals surface area (Å²) in [5, 5.41) is 3.57. The second-order valence-electron chi connectivity index (χ2n) is 4.18. The van der Waals surface area contributed by atoms with Gasteiger partial charge in [-0.3, -0.25) is 0 Å². The van der Waals surface area contributed by atoms with Crippen LogP contribution in [0.4, 0.5) is 13.2 Å². The van der Waals surface area contributed by atoms with Gasteiger partial charge in [-0.2, -0.15) is 0 Å². The third kappa shape index (κ3) is 2.92. The van der Waals surface area contributed by atoms with Gasteiger partial charge in [-0.15, -0.1) is 0 Å². The lowest BCUT2D eigenvalue weighted by atomic mass is 9.98. The van der Waals surface area contributed by atoms with Crippen molar-refractivity contribution < 1.29 is 13.2 Å². The summed E-state index contributed by atoms with van der Waals surface area (Å²) in [5.74, 6) is -3.22. The highest BCUT2D eigenvalue weighted by atomic mass is 35.5. The number of hydrogen-bond acceptors (Lipinski definition) is 1. The van der Waals surface area contributed by atoms with Crippen LogP contribution >= 0.6 is 23.2 Å². The summed E-state index contributed by atoms with van der Waals surface area (Å²) in [7, 11) is 1.56. The fourth-order valence-corrected chi connectivity index (χ4v) is 2.38. The molecule has 1 atom stereocenters. The van der Waals surface area contributed by atoms with Crippen LogP contribution in [0.2, 0.25) is 10.0 Å². The van der Waals surface area contributed by atoms with Crippen LogP contribution in [0.15, 0.2) is 30.3 Å². The van der Waals surface area contributed by atoms with E-state index in [2.05, 4.69) is 5.32 Å². The molecule has 1 unspecified atom stereocenters. The third-order valence-electron chi connectivity index (χ3n) is 2.91. The van der Waals surface area contributed by atoms with Gasteiger partial charge in [0.2, 0.25) is 0 Å². The number of nitrogens with one attached hydrogen (secondary N) is 1. The predicted molar refractivity (Wildman–Crippen MR) is 73.7 cm³/mol. The van der Waals surface area contributed by atoms with E-state index in [1.54, 1.807) is 25.2 Å². The van der Waals surface area contributed by atoms with E-state index < -0.39 is 23.5 Å². The average molecular weight is 320 g/mol. The van der Waals surface area contributed by atoms with Crippen LogP contribution in [-0.4, -0.2) is 7.05 Å². The van der Waals surface area contributed by atoms with E-state index in [9.17, 15) is 13.2 Å². The van der Waals surface area contributed by atoms with Gasteiger partial charge in [0.05, 0.1) is 6.04 Å². The van der Waals surface area contributed by atoms with E-state index >= 15 is 0 Å². The monoisotopic (exact) mass is 319 g/mol. The zero-order chi connectivity index (χ0) is 14.9. The van der Waals surface area contributed by atoms with Gasteiger partial charge in [0, 0.05) is 21.7 Å². The van der Waals surface area contributed by atoms with E-state index in [0.29, 0.717) is 21.7 Å². The van der Waals surface area contributed by atoms with Crippen molar-refractivity contribution in [2.75, 3.05) is 7.05 Å². The number of rotatable bonds is 3. The standard InChI is InChI=1S/C14H10Cl2F3N/c1-20-14(8-4-7(15)2-3-10(8)16)9-5-12(18)13(19)6-11(9)17/h2-6,14,20H,1H3. The van der Waals surface area contributed by atoms with Crippen LogP contribution in [-0.2, 0) is 0 Å². The van der Waals surface area contributed by atoms with E-state index in [1.165, 1.54) is 0 Å². The van der Waals surface area contributed by atoms with E-state index in [4.69, 9.17) is 23.2 Å². The van der Waals surface area contributed by atoms with E-state index in [-0.39, 0.29) is 5.56 Å². The molecule has 1 nitrogen and oxygen atoms in total. The van der Waals surface area contributed by atoms with Crippen molar-refractivity contribution in [1.82, 2.24) is 5.32 Å². The first-order chi connectivity index (χ1) is 9.43. The van der Waals surface area contributed by atoms with E-state index in [1.807, 2.05) is 0 Å². The highest BCUT2D eigenvalue weighted by molar-refractivity contribution is 6.33. The van der Waals surface area contributed by atoms with Gasteiger partial charge >= 0.3 is 0 Å². The molecule has 0 aliphatic carbocycles. The Morgan fingerprint density at radius 3 is 2.20 bits per heavy atom. The molecule has 0 aliphatic heterocycles. The average Bonchev–Trinajstić information content (AvgIpc) is 2.40. The summed E-state index contributed by atoms with van der Waals surface area (Å²) in [5.41, 5.74) is 0.433. The van der Waals surface area contributed by atoms with E-state index in [0.717, 1.165) is 6.07 Å². The van der Waals surface area contributed by atoms with Gasteiger partial charge in [0.25, 0.3) is 0 Å². The highest BCUT2D eigenvalue weighted by Gasteiger charge is 2.21. The molecule has 2 rings (SSSR count). The van der Waals surface area contributed by atoms with Crippen molar-refractivity contribution in [2.45, 2.75) is 6.04 Å². The lowest BCUT2D eigenvalue weighted by Crippen LogP contribution is -2.20. The summed E-state index contributed by atoms with van der Waals surface area (Å²) < 4.78 is 40.2. The quantitative estimate of drug-likeness (QED) is 0.807. The van der Waals surface area contributed by atoms with Crippen molar-refractivity contribution in [2.24, 2.45) is 0 Å². The molecule has 0 radical (unpaired) electrons. The molecule has 20 heavy (non-hydrogen) atoms. The van der Waals surface area contributed by atoms with Gasteiger partial charge in [0.1, 0.15) is 5.82 Å². The molecule has 6 heteroatoms. The molecule has 0 aliphatic rings. The number of hydrogen-bond donors (Lipinski definition) is 1. The zero-order valence-electron chi connectivity index (χ0n) is 10.4. The van der Waals surface area contributed by atoms with Crippen LogP contribution in [0, 0.1) is 17.5 Å². The summed E-state index contributed by atoms with van der Waals surface area (Å²) in [6.07, 6.45) is 0. The normalized spacial score (nSPS) is 12.5. The van der Waals surface area contributed by atoms with Crippen molar-refractivity contribution in [3.8, 4) is 0 Å². The molecule has 2 aromatic rings. The summed E-state index contributed by atoms with van der Waals surface area (Å²) in [6, 6.07) is 5.27. The summed E-state index contributed by atoms with van der Waals surface area (Å²) >= 11 is 11.9. The van der Waals surface area contributed by atoms with Crippen molar-refractivity contribution >= 4 is 23.2 Å². The van der Waals surface area contributed by atoms with Crippen LogP contribution < -0.4 is 5.32 Å². The van der Waals surface area contributed by atoms with Crippen LogP contribution in [0.5, 0.6) is 0 Å². The smallest absolute Gasteiger partial charge is 0.161 e. The largest absolute Gasteiger partial charge is 0.309 e. The first-order valence-electron chi connectivity index (χ1n) is 5.70. The van der Waals surface area contributed by atoms with Crippen LogP contribution in [0.25, 0.3) is 0 Å². The molecule has 0 saturated carbocycles. The number of halogens is 5. The van der Waals surface area contributed by atoms with Crippen LogP contribution in [0.1, 0.15) is 17.2 Å². The predicted octanol–water partition coefficient (Wildman–Crippen LogP) is 4.72. The van der Waals surface area contributed by atoms with Gasteiger partial charge in [0.15, 0.2) is 11.6 Å². The lowest BCUT2D eigenvalue weighted by Gasteiger charge is -2.19. The second-order valence-corrected chi connectivity index (χ2v) is 5.02. The topological polar surface area (TPSA) is 12.0 Å². The molecule has 0 bridgehead atoms. The molecule has 0 aromatic heterocycles. The molecular weight excluding hydrogens is 310 g/mol. The summed E-state index contributed by atoms with van der Waals surface area (Å²) in [6.45, 7) is 0. The Bertz CT molecular complexity index is 647. The molecule has 2 aromatic carbocycles. The van der Waals surface area contributed by atoms with Gasteiger partial charge in [-0.25, -0.2) is 13.2 Å². The molecule has 1 N–H and O–H groups in total. The number of benzene rings is 2. The zero-order valence-corrected chi connectivity index (χ0v) is 11.9. The molecule has 0 spiro atoms. The minimum atomic E-state index is -1.24. The Labute approximate surface area is 124 Å². The Morgan fingerprint density at radius 2 is 1.55 bits per heavy atom. The fraction of sp³-hybridized carbons (Fsp3) is 0.143. The first-order valence-corrected chi connectivity index (χ1v) is 6.46. The minimum Gasteiger partial charge on any atom is -0.309 e. The van der Waals surface area contributed by atoms with Crippen molar-refractivity contribution in [3.05, 3.63) is 69.0 Å². The SMILES string of the molecule is CNC(c1cc(F)c(F)cc1F)c1cc(Cl)ccc1Cl. The van der Waals surface area contributed by atoms with Gasteiger partial charge < -0.3 is 5.32 Å². The first kappa shape index (κ1) is 15.2. The summed E-state index contributed by atoms with van der Waals surface area (Å²) in [4.78, 5) is 0. The Morgan fingerprint density at radius 1 is 0.900 bits per heavy atom. The second kappa shape index (κ2) is 6.04. The minimum absolute atomic E-state index is 0.0458. The Kier molecular flexibility index (Phi) is 4.58. The molecule has 0 amide bonds. The maximum Gasteiger partial charge on any atom is 0.161 e. The van der Waals surface area contributed by atoms with Gasteiger partial charge in [-0.1, -0.05) is 23.2 Å². The van der Waals surface area contributed by atoms with Gasteiger partial charge in [-0.05, 0) is 36.9 Å². The van der Waals surface area contributed by atoms with Crippen molar-refractivity contribution in [1.29, 1.82) is 0 Å². The molecular formula is C14H10Cl2F3N. The molecule has 106 valence electrons. The van der Waals surface area contributed by atoms with Crippen LogP contribution in [0.3, 0.4) is 0 Å². The highest BCUT2D eigenvalue weighted by Crippen LogP contribution is 2.32. The van der Waals surface area contributed by atoms with Crippen molar-refractivity contribution in [3.63, 3.8) is 0 Å². The Balaban J connectivity index is 2.58. The Hall–Kier alpha value is -1.23.